The molecule has 39 heavy (non-hydrogen) atoms. The smallest absolute Gasteiger partial charge is 0.242 e. The molecule has 1 atom stereocenters. The molecule has 0 spiro atoms. The normalized spacial score (nSPS) is 12.0. The van der Waals surface area contributed by atoms with E-state index in [4.69, 9.17) is 23.2 Å². The van der Waals surface area contributed by atoms with Gasteiger partial charge in [0.2, 0.25) is 21.8 Å². The molecule has 3 aromatic rings. The molecule has 10 heteroatoms. The second-order valence-electron chi connectivity index (χ2n) is 9.30. The van der Waals surface area contributed by atoms with Gasteiger partial charge in [0.25, 0.3) is 0 Å². The summed E-state index contributed by atoms with van der Waals surface area (Å²) in [6, 6.07) is 20.9. The average Bonchev–Trinajstić information content (AvgIpc) is 2.90. The van der Waals surface area contributed by atoms with Gasteiger partial charge in [-0.25, -0.2) is 8.42 Å². The topological polar surface area (TPSA) is 86.8 Å². The van der Waals surface area contributed by atoms with E-state index >= 15 is 0 Å². The van der Waals surface area contributed by atoms with Crippen molar-refractivity contribution < 1.29 is 18.0 Å². The molecule has 0 aliphatic carbocycles. The highest BCUT2D eigenvalue weighted by atomic mass is 35.5. The van der Waals surface area contributed by atoms with Crippen molar-refractivity contribution in [3.8, 4) is 0 Å². The van der Waals surface area contributed by atoms with Gasteiger partial charge < -0.3 is 10.2 Å². The standard InChI is InChI=1S/C29H33Cl2N3O4S/c1-21-15-16-24(30)19-26(21)34(39(3,37)38)17-9-14-28(35)33(20-23-12-7-8-13-25(23)31)27(29(36)32-2)18-22-10-5-4-6-11-22/h4-8,10-13,15-16,19,27H,9,14,17-18,20H2,1-3H3,(H,32,36). The van der Waals surface area contributed by atoms with E-state index in [-0.39, 0.29) is 37.7 Å². The molecule has 3 aromatic carbocycles. The summed E-state index contributed by atoms with van der Waals surface area (Å²) >= 11 is 12.6. The van der Waals surface area contributed by atoms with Crippen LogP contribution in [0.4, 0.5) is 5.69 Å². The molecule has 0 heterocycles. The summed E-state index contributed by atoms with van der Waals surface area (Å²) in [7, 11) is -2.10. The highest BCUT2D eigenvalue weighted by molar-refractivity contribution is 7.92. The number of nitrogens with zero attached hydrogens (tertiary/aromatic N) is 2. The van der Waals surface area contributed by atoms with Crippen molar-refractivity contribution in [1.29, 1.82) is 0 Å². The molecule has 0 aromatic heterocycles. The van der Waals surface area contributed by atoms with Crippen LogP contribution < -0.4 is 9.62 Å². The van der Waals surface area contributed by atoms with E-state index in [0.29, 0.717) is 27.7 Å². The highest BCUT2D eigenvalue weighted by Gasteiger charge is 2.30. The molecule has 0 aliphatic rings. The Balaban J connectivity index is 1.87. The van der Waals surface area contributed by atoms with E-state index in [1.165, 1.54) is 16.3 Å². The Hall–Kier alpha value is -3.07. The molecule has 0 saturated heterocycles. The average molecular weight is 591 g/mol. The third-order valence-electron chi connectivity index (χ3n) is 6.41. The minimum Gasteiger partial charge on any atom is -0.357 e. The van der Waals surface area contributed by atoms with E-state index in [9.17, 15) is 18.0 Å². The summed E-state index contributed by atoms with van der Waals surface area (Å²) in [5.74, 6) is -0.581. The molecule has 0 fully saturated rings. The lowest BCUT2D eigenvalue weighted by atomic mass is 10.0. The van der Waals surface area contributed by atoms with Gasteiger partial charge in [0.05, 0.1) is 11.9 Å². The third kappa shape index (κ3) is 8.46. The van der Waals surface area contributed by atoms with Crippen molar-refractivity contribution in [3.05, 3.63) is 99.5 Å². The van der Waals surface area contributed by atoms with E-state index in [1.807, 2.05) is 42.5 Å². The zero-order valence-electron chi connectivity index (χ0n) is 22.2. The molecule has 2 amide bonds. The van der Waals surface area contributed by atoms with Gasteiger partial charge in [0, 0.05) is 43.0 Å². The molecule has 3 rings (SSSR count). The Morgan fingerprint density at radius 3 is 2.28 bits per heavy atom. The maximum absolute atomic E-state index is 13.7. The first-order chi connectivity index (χ1) is 18.5. The molecule has 0 bridgehead atoms. The Kier molecular flexibility index (Phi) is 10.8. The minimum absolute atomic E-state index is 0.0262. The summed E-state index contributed by atoms with van der Waals surface area (Å²) in [6.45, 7) is 2.01. The molecule has 0 saturated carbocycles. The van der Waals surface area contributed by atoms with Gasteiger partial charge in [0.1, 0.15) is 6.04 Å². The number of hydrogen-bond donors (Lipinski definition) is 1. The van der Waals surface area contributed by atoms with Gasteiger partial charge in [-0.05, 0) is 48.2 Å². The van der Waals surface area contributed by atoms with Crippen LogP contribution in [0.25, 0.3) is 0 Å². The Morgan fingerprint density at radius 2 is 1.64 bits per heavy atom. The fourth-order valence-corrected chi connectivity index (χ4v) is 5.74. The number of benzene rings is 3. The number of rotatable bonds is 12. The monoisotopic (exact) mass is 589 g/mol. The molecule has 208 valence electrons. The van der Waals surface area contributed by atoms with Crippen LogP contribution >= 0.6 is 23.2 Å². The number of carbonyl (C=O) groups excluding carboxylic acids is 2. The Labute approximate surface area is 240 Å². The van der Waals surface area contributed by atoms with Crippen LogP contribution in [-0.2, 0) is 32.6 Å². The number of aryl methyl sites for hydroxylation is 1. The van der Waals surface area contributed by atoms with Gasteiger partial charge in [0.15, 0.2) is 0 Å². The molecule has 7 nitrogen and oxygen atoms in total. The maximum Gasteiger partial charge on any atom is 0.242 e. The SMILES string of the molecule is CNC(=O)C(Cc1ccccc1)N(Cc1ccccc1Cl)C(=O)CCCN(c1cc(Cl)ccc1C)S(C)(=O)=O. The summed E-state index contributed by atoms with van der Waals surface area (Å²) < 4.78 is 26.6. The fraction of sp³-hybridized carbons (Fsp3) is 0.310. The van der Waals surface area contributed by atoms with E-state index < -0.39 is 16.1 Å². The van der Waals surface area contributed by atoms with Crippen LogP contribution in [0.5, 0.6) is 0 Å². The fourth-order valence-electron chi connectivity index (χ4n) is 4.36. The highest BCUT2D eigenvalue weighted by Crippen LogP contribution is 2.27. The van der Waals surface area contributed by atoms with Gasteiger partial charge in [-0.2, -0.15) is 0 Å². The molecule has 0 radical (unpaired) electrons. The third-order valence-corrected chi connectivity index (χ3v) is 8.19. The lowest BCUT2D eigenvalue weighted by Gasteiger charge is -2.32. The van der Waals surface area contributed by atoms with Crippen molar-refractivity contribution in [3.63, 3.8) is 0 Å². The zero-order chi connectivity index (χ0) is 28.6. The van der Waals surface area contributed by atoms with Crippen molar-refractivity contribution in [2.45, 2.75) is 38.8 Å². The van der Waals surface area contributed by atoms with E-state index in [0.717, 1.165) is 17.4 Å². The number of nitrogens with one attached hydrogen (secondary N) is 1. The predicted octanol–water partition coefficient (Wildman–Crippen LogP) is 5.23. The summed E-state index contributed by atoms with van der Waals surface area (Å²) in [5.41, 5.74) is 2.83. The van der Waals surface area contributed by atoms with Gasteiger partial charge >= 0.3 is 0 Å². The summed E-state index contributed by atoms with van der Waals surface area (Å²) in [5, 5.41) is 3.59. The Morgan fingerprint density at radius 1 is 0.974 bits per heavy atom. The van der Waals surface area contributed by atoms with Crippen molar-refractivity contribution in [2.75, 3.05) is 24.2 Å². The predicted molar refractivity (Wildman–Crippen MR) is 158 cm³/mol. The van der Waals surface area contributed by atoms with E-state index in [2.05, 4.69) is 5.32 Å². The van der Waals surface area contributed by atoms with Crippen LogP contribution in [0, 0.1) is 6.92 Å². The van der Waals surface area contributed by atoms with Gasteiger partial charge in [-0.3, -0.25) is 13.9 Å². The first-order valence-electron chi connectivity index (χ1n) is 12.5. The quantitative estimate of drug-likeness (QED) is 0.313. The number of carbonyl (C=O) groups is 2. The zero-order valence-corrected chi connectivity index (χ0v) is 24.6. The first-order valence-corrected chi connectivity index (χ1v) is 15.1. The molecular weight excluding hydrogens is 557 g/mol. The van der Waals surface area contributed by atoms with Crippen molar-refractivity contribution in [2.24, 2.45) is 0 Å². The second kappa shape index (κ2) is 13.8. The Bertz CT molecular complexity index is 1400. The lowest BCUT2D eigenvalue weighted by Crippen LogP contribution is -2.49. The number of sulfonamides is 1. The maximum atomic E-state index is 13.7. The van der Waals surface area contributed by atoms with Crippen LogP contribution in [-0.4, -0.2) is 51.0 Å². The van der Waals surface area contributed by atoms with Crippen LogP contribution in [0.15, 0.2) is 72.8 Å². The second-order valence-corrected chi connectivity index (χ2v) is 12.1. The number of anilines is 1. The number of halogens is 2. The molecule has 1 unspecified atom stereocenters. The van der Waals surface area contributed by atoms with Crippen LogP contribution in [0.1, 0.15) is 29.5 Å². The minimum atomic E-state index is -3.64. The molecule has 0 aliphatic heterocycles. The van der Waals surface area contributed by atoms with Crippen molar-refractivity contribution in [1.82, 2.24) is 10.2 Å². The number of hydrogen-bond acceptors (Lipinski definition) is 4. The largest absolute Gasteiger partial charge is 0.357 e. The van der Waals surface area contributed by atoms with Crippen LogP contribution in [0.3, 0.4) is 0 Å². The number of likely N-dealkylation sites (N-methyl/N-ethyl adjacent to an activating group) is 1. The first kappa shape index (κ1) is 30.5. The number of amides is 2. The molecule has 1 N–H and O–H groups in total. The van der Waals surface area contributed by atoms with Gasteiger partial charge in [-0.15, -0.1) is 0 Å². The molecular formula is C29H33Cl2N3O4S. The lowest BCUT2D eigenvalue weighted by molar-refractivity contribution is -0.141. The van der Waals surface area contributed by atoms with E-state index in [1.54, 1.807) is 37.3 Å². The van der Waals surface area contributed by atoms with Crippen LogP contribution in [0.2, 0.25) is 10.0 Å². The summed E-state index contributed by atoms with van der Waals surface area (Å²) in [4.78, 5) is 28.3. The van der Waals surface area contributed by atoms with Gasteiger partial charge in [-0.1, -0.05) is 77.8 Å². The van der Waals surface area contributed by atoms with Crippen molar-refractivity contribution >= 4 is 50.7 Å². The summed E-state index contributed by atoms with van der Waals surface area (Å²) in [6.07, 6.45) is 1.70.